The lowest BCUT2D eigenvalue weighted by Crippen LogP contribution is -2.33. The van der Waals surface area contributed by atoms with E-state index in [9.17, 15) is 0 Å². The van der Waals surface area contributed by atoms with Gasteiger partial charge in [0.25, 0.3) is 0 Å². The van der Waals surface area contributed by atoms with Crippen molar-refractivity contribution in [3.05, 3.63) is 28.8 Å². The van der Waals surface area contributed by atoms with Crippen LogP contribution < -0.4 is 10.2 Å². The van der Waals surface area contributed by atoms with Gasteiger partial charge in [0.05, 0.1) is 6.10 Å². The van der Waals surface area contributed by atoms with Gasteiger partial charge in [-0.2, -0.15) is 0 Å². The highest BCUT2D eigenvalue weighted by Gasteiger charge is 2.20. The standard InChI is InChI=1S/C15H23ClN2O/c1-3-18(11-12-6-5-9-19-12)15-8-4-7-14(16)13(15)10-17-2/h4,7-8,12,17H,3,5-6,9-11H2,1-2H3. The number of benzene rings is 1. The third kappa shape index (κ3) is 3.62. The summed E-state index contributed by atoms with van der Waals surface area (Å²) in [6.07, 6.45) is 2.71. The van der Waals surface area contributed by atoms with Crippen LogP contribution in [0.2, 0.25) is 5.02 Å². The van der Waals surface area contributed by atoms with E-state index in [-0.39, 0.29) is 0 Å². The Morgan fingerprint density at radius 2 is 2.32 bits per heavy atom. The summed E-state index contributed by atoms with van der Waals surface area (Å²) in [5.74, 6) is 0. The minimum absolute atomic E-state index is 0.362. The molecule has 0 bridgehead atoms. The molecule has 1 saturated heterocycles. The lowest BCUT2D eigenvalue weighted by molar-refractivity contribution is 0.115. The number of ether oxygens (including phenoxy) is 1. The maximum atomic E-state index is 6.33. The monoisotopic (exact) mass is 282 g/mol. The molecule has 0 aromatic heterocycles. The van der Waals surface area contributed by atoms with E-state index in [1.165, 1.54) is 24.1 Å². The second kappa shape index (κ2) is 7.13. The molecule has 0 aliphatic carbocycles. The lowest BCUT2D eigenvalue weighted by atomic mass is 10.1. The first-order valence-electron chi connectivity index (χ1n) is 7.04. The van der Waals surface area contributed by atoms with Crippen LogP contribution in [0.15, 0.2) is 18.2 Å². The molecule has 19 heavy (non-hydrogen) atoms. The minimum Gasteiger partial charge on any atom is -0.376 e. The first-order valence-corrected chi connectivity index (χ1v) is 7.42. The normalized spacial score (nSPS) is 18.8. The molecule has 4 heteroatoms. The van der Waals surface area contributed by atoms with E-state index in [1.54, 1.807) is 0 Å². The Hall–Kier alpha value is -0.770. The molecule has 1 aliphatic heterocycles. The van der Waals surface area contributed by atoms with Gasteiger partial charge < -0.3 is 15.0 Å². The molecule has 1 aromatic carbocycles. The van der Waals surface area contributed by atoms with Crippen LogP contribution in [0.1, 0.15) is 25.3 Å². The zero-order valence-corrected chi connectivity index (χ0v) is 12.5. The number of nitrogens with one attached hydrogen (secondary N) is 1. The fourth-order valence-electron chi connectivity index (χ4n) is 2.63. The van der Waals surface area contributed by atoms with Gasteiger partial charge in [0.1, 0.15) is 0 Å². The average molecular weight is 283 g/mol. The van der Waals surface area contributed by atoms with E-state index in [2.05, 4.69) is 23.2 Å². The molecule has 106 valence electrons. The van der Waals surface area contributed by atoms with Gasteiger partial charge >= 0.3 is 0 Å². The molecule has 0 spiro atoms. The SMILES string of the molecule is CCN(CC1CCCO1)c1cccc(Cl)c1CNC. The van der Waals surface area contributed by atoms with Gasteiger partial charge in [-0.3, -0.25) is 0 Å². The molecule has 1 fully saturated rings. The largest absolute Gasteiger partial charge is 0.376 e. The van der Waals surface area contributed by atoms with E-state index < -0.39 is 0 Å². The van der Waals surface area contributed by atoms with Gasteiger partial charge in [-0.1, -0.05) is 17.7 Å². The summed E-state index contributed by atoms with van der Waals surface area (Å²) in [6.45, 7) is 5.79. The predicted octanol–water partition coefficient (Wildman–Crippen LogP) is 3.06. The maximum Gasteiger partial charge on any atom is 0.0750 e. The van der Waals surface area contributed by atoms with Crippen molar-refractivity contribution in [3.63, 3.8) is 0 Å². The fraction of sp³-hybridized carbons (Fsp3) is 0.600. The number of halogens is 1. The first kappa shape index (κ1) is 14.6. The third-order valence-electron chi connectivity index (χ3n) is 3.62. The van der Waals surface area contributed by atoms with Crippen LogP contribution in [0.4, 0.5) is 5.69 Å². The number of anilines is 1. The second-order valence-electron chi connectivity index (χ2n) is 4.94. The van der Waals surface area contributed by atoms with Crippen LogP contribution in [0.3, 0.4) is 0 Å². The Morgan fingerprint density at radius 3 is 2.95 bits per heavy atom. The summed E-state index contributed by atoms with van der Waals surface area (Å²) in [5.41, 5.74) is 2.39. The topological polar surface area (TPSA) is 24.5 Å². The third-order valence-corrected chi connectivity index (χ3v) is 3.97. The highest BCUT2D eigenvalue weighted by Crippen LogP contribution is 2.28. The molecule has 1 heterocycles. The van der Waals surface area contributed by atoms with Gasteiger partial charge in [0, 0.05) is 42.5 Å². The van der Waals surface area contributed by atoms with Crippen molar-refractivity contribution < 1.29 is 4.74 Å². The van der Waals surface area contributed by atoms with Crippen molar-refractivity contribution in [1.82, 2.24) is 5.32 Å². The van der Waals surface area contributed by atoms with Crippen LogP contribution in [-0.2, 0) is 11.3 Å². The van der Waals surface area contributed by atoms with Crippen molar-refractivity contribution in [2.45, 2.75) is 32.4 Å². The van der Waals surface area contributed by atoms with Crippen LogP contribution in [0.25, 0.3) is 0 Å². The van der Waals surface area contributed by atoms with Crippen molar-refractivity contribution >= 4 is 17.3 Å². The van der Waals surface area contributed by atoms with E-state index in [0.717, 1.165) is 31.3 Å². The van der Waals surface area contributed by atoms with Crippen LogP contribution in [0.5, 0.6) is 0 Å². The quantitative estimate of drug-likeness (QED) is 0.868. The summed E-state index contributed by atoms with van der Waals surface area (Å²) < 4.78 is 5.75. The molecule has 0 radical (unpaired) electrons. The number of hydrogen-bond donors (Lipinski definition) is 1. The Kier molecular flexibility index (Phi) is 5.49. The summed E-state index contributed by atoms with van der Waals surface area (Å²) >= 11 is 6.33. The zero-order chi connectivity index (χ0) is 13.7. The molecule has 0 saturated carbocycles. The van der Waals surface area contributed by atoms with Gasteiger partial charge in [-0.25, -0.2) is 0 Å². The summed E-state index contributed by atoms with van der Waals surface area (Å²) in [6, 6.07) is 6.13. The van der Waals surface area contributed by atoms with Crippen LogP contribution >= 0.6 is 11.6 Å². The second-order valence-corrected chi connectivity index (χ2v) is 5.35. The molecular formula is C15H23ClN2O. The highest BCUT2D eigenvalue weighted by molar-refractivity contribution is 6.31. The van der Waals surface area contributed by atoms with E-state index in [0.29, 0.717) is 6.10 Å². The number of hydrogen-bond acceptors (Lipinski definition) is 3. The molecule has 1 atom stereocenters. The molecule has 1 aliphatic rings. The van der Waals surface area contributed by atoms with E-state index in [4.69, 9.17) is 16.3 Å². The highest BCUT2D eigenvalue weighted by atomic mass is 35.5. The van der Waals surface area contributed by atoms with Gasteiger partial charge in [0.15, 0.2) is 0 Å². The molecule has 1 unspecified atom stereocenters. The van der Waals surface area contributed by atoms with Crippen LogP contribution in [-0.4, -0.2) is 32.8 Å². The molecule has 3 nitrogen and oxygen atoms in total. The van der Waals surface area contributed by atoms with Crippen molar-refractivity contribution in [2.75, 3.05) is 31.6 Å². The zero-order valence-electron chi connectivity index (χ0n) is 11.8. The van der Waals surface area contributed by atoms with E-state index >= 15 is 0 Å². The molecular weight excluding hydrogens is 260 g/mol. The fourth-order valence-corrected chi connectivity index (χ4v) is 2.86. The van der Waals surface area contributed by atoms with Gasteiger partial charge in [0.2, 0.25) is 0 Å². The number of rotatable bonds is 6. The van der Waals surface area contributed by atoms with Gasteiger partial charge in [-0.15, -0.1) is 0 Å². The minimum atomic E-state index is 0.362. The summed E-state index contributed by atoms with van der Waals surface area (Å²) in [5, 5.41) is 4.03. The molecule has 1 N–H and O–H groups in total. The Labute approximate surface area is 120 Å². The smallest absolute Gasteiger partial charge is 0.0750 e. The van der Waals surface area contributed by atoms with Crippen LogP contribution in [0, 0.1) is 0 Å². The Bertz CT molecular complexity index is 405. The molecule has 0 amide bonds. The van der Waals surface area contributed by atoms with E-state index in [1.807, 2.05) is 19.2 Å². The lowest BCUT2D eigenvalue weighted by Gasteiger charge is -2.28. The predicted molar refractivity (Wildman–Crippen MR) is 81.1 cm³/mol. The number of likely N-dealkylation sites (N-methyl/N-ethyl adjacent to an activating group) is 1. The van der Waals surface area contributed by atoms with Gasteiger partial charge in [-0.05, 0) is 38.9 Å². The molecule has 2 rings (SSSR count). The average Bonchev–Trinajstić information content (AvgIpc) is 2.92. The Morgan fingerprint density at radius 1 is 1.47 bits per heavy atom. The summed E-state index contributed by atoms with van der Waals surface area (Å²) in [4.78, 5) is 2.37. The maximum absolute atomic E-state index is 6.33. The molecule has 1 aromatic rings. The number of nitrogens with zero attached hydrogens (tertiary/aromatic N) is 1. The van der Waals surface area contributed by atoms with Crippen molar-refractivity contribution in [3.8, 4) is 0 Å². The first-order chi connectivity index (χ1) is 9.26. The summed E-state index contributed by atoms with van der Waals surface area (Å²) in [7, 11) is 1.95. The van der Waals surface area contributed by atoms with Crippen molar-refractivity contribution in [2.24, 2.45) is 0 Å². The van der Waals surface area contributed by atoms with Crippen molar-refractivity contribution in [1.29, 1.82) is 0 Å². The Balaban J connectivity index is 2.18.